The van der Waals surface area contributed by atoms with Crippen LogP contribution in [0.15, 0.2) is 67.3 Å². The molecular weight excluding hydrogens is 482 g/mol. The van der Waals surface area contributed by atoms with Crippen LogP contribution in [0.25, 0.3) is 16.4 Å². The number of nitrogens with zero attached hydrogens (tertiary/aromatic N) is 5. The van der Waals surface area contributed by atoms with Crippen molar-refractivity contribution in [2.75, 3.05) is 31.0 Å². The van der Waals surface area contributed by atoms with Crippen LogP contribution in [-0.4, -0.2) is 50.8 Å². The van der Waals surface area contributed by atoms with Crippen LogP contribution in [0, 0.1) is 0 Å². The van der Waals surface area contributed by atoms with Crippen molar-refractivity contribution in [1.29, 1.82) is 0 Å². The summed E-state index contributed by atoms with van der Waals surface area (Å²) in [5.74, 6) is 0.647. The van der Waals surface area contributed by atoms with Gasteiger partial charge in [0.05, 0.1) is 36.7 Å². The average Bonchev–Trinajstić information content (AvgIpc) is 3.49. The van der Waals surface area contributed by atoms with Gasteiger partial charge in [-0.3, -0.25) is 10.00 Å². The number of fused-ring (bicyclic) bond motifs is 2. The maximum Gasteiger partial charge on any atom is 0.411 e. The minimum Gasteiger partial charge on any atom is -0.449 e. The molecule has 0 unspecified atom stereocenters. The minimum absolute atomic E-state index is 0.334. The third-order valence-electron chi connectivity index (χ3n) is 6.32. The number of anilines is 3. The lowest BCUT2D eigenvalue weighted by atomic mass is 10.2. The predicted octanol–water partition coefficient (Wildman–Crippen LogP) is 5.41. The molecule has 0 saturated heterocycles. The van der Waals surface area contributed by atoms with Crippen LogP contribution >= 0.6 is 0 Å². The second kappa shape index (κ2) is 11.7. The van der Waals surface area contributed by atoms with Gasteiger partial charge < -0.3 is 14.8 Å². The first-order valence-corrected chi connectivity index (χ1v) is 12.7. The number of hydrogen-bond donors (Lipinski definition) is 2. The summed E-state index contributed by atoms with van der Waals surface area (Å²) in [6.45, 7) is 3.72. The van der Waals surface area contributed by atoms with Crippen molar-refractivity contribution in [2.45, 2.75) is 32.7 Å². The van der Waals surface area contributed by atoms with Gasteiger partial charge in [0, 0.05) is 30.4 Å². The molecule has 5 aromatic rings. The lowest BCUT2D eigenvalue weighted by Gasteiger charge is -2.10. The van der Waals surface area contributed by atoms with Gasteiger partial charge in [0.1, 0.15) is 11.8 Å². The smallest absolute Gasteiger partial charge is 0.411 e. The second-order valence-electron chi connectivity index (χ2n) is 8.92. The maximum atomic E-state index is 12.4. The highest BCUT2D eigenvalue weighted by Crippen LogP contribution is 2.30. The van der Waals surface area contributed by atoms with Crippen molar-refractivity contribution in [1.82, 2.24) is 24.4 Å². The van der Waals surface area contributed by atoms with Crippen molar-refractivity contribution >= 4 is 39.7 Å². The van der Waals surface area contributed by atoms with Crippen molar-refractivity contribution in [3.63, 3.8) is 0 Å². The van der Waals surface area contributed by atoms with Gasteiger partial charge in [-0.1, -0.05) is 37.3 Å². The number of aryl methyl sites for hydroxylation is 1. The highest BCUT2D eigenvalue weighted by Gasteiger charge is 2.17. The molecule has 5 rings (SSSR count). The van der Waals surface area contributed by atoms with E-state index < -0.39 is 6.09 Å². The van der Waals surface area contributed by atoms with E-state index in [1.54, 1.807) is 17.8 Å². The summed E-state index contributed by atoms with van der Waals surface area (Å²) in [5, 5.41) is 16.3. The Morgan fingerprint density at radius 1 is 1.05 bits per heavy atom. The molecule has 0 fully saturated rings. The number of aromatic nitrogens is 5. The number of rotatable bonds is 11. The molecular formula is C28H31N7O3. The summed E-state index contributed by atoms with van der Waals surface area (Å²) in [4.78, 5) is 16.9. The first-order valence-electron chi connectivity index (χ1n) is 12.7. The van der Waals surface area contributed by atoms with Crippen molar-refractivity contribution in [3.05, 3.63) is 78.4 Å². The highest BCUT2D eigenvalue weighted by atomic mass is 16.5. The molecule has 0 atom stereocenters. The Bertz CT molecular complexity index is 1530. The van der Waals surface area contributed by atoms with Crippen LogP contribution in [0.5, 0.6) is 0 Å². The van der Waals surface area contributed by atoms with Crippen LogP contribution in [0.1, 0.15) is 30.9 Å². The number of hydrogen-bond acceptors (Lipinski definition) is 7. The van der Waals surface area contributed by atoms with Gasteiger partial charge in [-0.05, 0) is 43.0 Å². The summed E-state index contributed by atoms with van der Waals surface area (Å²) in [6, 6.07) is 16.4. The number of nitrogens with one attached hydrogen (secondary N) is 2. The SMILES string of the molecule is CCc1c(NC(=O)OCCCCOC)cn2ncnc(Nc3ccc4c(cnn4Cc4ccccc4)c3)c12. The second-order valence-corrected chi connectivity index (χ2v) is 8.92. The third kappa shape index (κ3) is 5.60. The Kier molecular flexibility index (Phi) is 7.79. The first kappa shape index (κ1) is 25.2. The van der Waals surface area contributed by atoms with Crippen LogP contribution in [0.2, 0.25) is 0 Å². The standard InChI is InChI=1S/C28H31N7O3/c1-3-23-24(33-28(36)38-14-8-7-13-37-2)18-35-26(23)27(29-19-31-35)32-22-11-12-25-21(15-22)16-30-34(25)17-20-9-5-4-6-10-20/h4-6,9-12,15-16,18-19H,3,7-8,13-14,17H2,1-2H3,(H,33,36)(H,29,31,32). The number of amides is 1. The fourth-order valence-electron chi connectivity index (χ4n) is 4.47. The molecule has 0 radical (unpaired) electrons. The largest absolute Gasteiger partial charge is 0.449 e. The van der Waals surface area contributed by atoms with E-state index in [-0.39, 0.29) is 0 Å². The van der Waals surface area contributed by atoms with E-state index in [1.165, 1.54) is 11.9 Å². The average molecular weight is 514 g/mol. The summed E-state index contributed by atoms with van der Waals surface area (Å²) in [5.41, 5.74) is 5.49. The number of benzene rings is 2. The van der Waals surface area contributed by atoms with Crippen LogP contribution in [0.3, 0.4) is 0 Å². The molecule has 3 aromatic heterocycles. The van der Waals surface area contributed by atoms with E-state index in [2.05, 4.69) is 50.1 Å². The molecule has 2 N–H and O–H groups in total. The molecule has 196 valence electrons. The summed E-state index contributed by atoms with van der Waals surface area (Å²) >= 11 is 0. The van der Waals surface area contributed by atoms with Crippen LogP contribution in [0.4, 0.5) is 22.0 Å². The van der Waals surface area contributed by atoms with E-state index >= 15 is 0 Å². The molecule has 38 heavy (non-hydrogen) atoms. The summed E-state index contributed by atoms with van der Waals surface area (Å²) in [7, 11) is 1.66. The van der Waals surface area contributed by atoms with Gasteiger partial charge in [-0.25, -0.2) is 14.3 Å². The Morgan fingerprint density at radius 3 is 2.71 bits per heavy atom. The third-order valence-corrected chi connectivity index (χ3v) is 6.32. The molecule has 0 saturated carbocycles. The van der Waals surface area contributed by atoms with Gasteiger partial charge in [0.25, 0.3) is 0 Å². The Morgan fingerprint density at radius 2 is 1.89 bits per heavy atom. The summed E-state index contributed by atoms with van der Waals surface area (Å²) in [6.07, 6.45) is 6.91. The quantitative estimate of drug-likeness (QED) is 0.227. The fourth-order valence-corrected chi connectivity index (χ4v) is 4.47. The van der Waals surface area contributed by atoms with E-state index in [0.717, 1.165) is 40.5 Å². The number of carbonyl (C=O) groups excluding carboxylic acids is 1. The Labute approximate surface area is 220 Å². The molecule has 10 nitrogen and oxygen atoms in total. The highest BCUT2D eigenvalue weighted by molar-refractivity contribution is 5.91. The molecule has 1 amide bonds. The topological polar surface area (TPSA) is 108 Å². The van der Waals surface area contributed by atoms with Gasteiger partial charge in [-0.15, -0.1) is 0 Å². The lowest BCUT2D eigenvalue weighted by molar-refractivity contribution is 0.148. The molecule has 10 heteroatoms. The zero-order chi connectivity index (χ0) is 26.3. The normalized spacial score (nSPS) is 11.2. The zero-order valence-electron chi connectivity index (χ0n) is 21.6. The molecule has 2 aromatic carbocycles. The lowest BCUT2D eigenvalue weighted by Crippen LogP contribution is -2.15. The maximum absolute atomic E-state index is 12.4. The Hall–Kier alpha value is -4.44. The predicted molar refractivity (Wildman–Crippen MR) is 147 cm³/mol. The zero-order valence-corrected chi connectivity index (χ0v) is 21.6. The van der Waals surface area contributed by atoms with Crippen LogP contribution < -0.4 is 10.6 Å². The first-order chi connectivity index (χ1) is 18.7. The van der Waals surface area contributed by atoms with E-state index in [1.807, 2.05) is 42.1 Å². The van der Waals surface area contributed by atoms with Crippen molar-refractivity contribution in [3.8, 4) is 0 Å². The van der Waals surface area contributed by atoms with Crippen molar-refractivity contribution < 1.29 is 14.3 Å². The van der Waals surface area contributed by atoms with Gasteiger partial charge >= 0.3 is 6.09 Å². The number of ether oxygens (including phenoxy) is 2. The minimum atomic E-state index is -0.492. The van der Waals surface area contributed by atoms with Gasteiger partial charge in [0.2, 0.25) is 0 Å². The Balaban J connectivity index is 1.34. The number of carbonyl (C=O) groups is 1. The molecule has 0 aliphatic rings. The van der Waals surface area contributed by atoms with E-state index in [9.17, 15) is 4.79 Å². The van der Waals surface area contributed by atoms with Gasteiger partial charge in [-0.2, -0.15) is 10.2 Å². The van der Waals surface area contributed by atoms with E-state index in [4.69, 9.17) is 9.47 Å². The van der Waals surface area contributed by atoms with Crippen LogP contribution in [-0.2, 0) is 22.4 Å². The number of unbranched alkanes of at least 4 members (excludes halogenated alkanes) is 1. The van der Waals surface area contributed by atoms with Crippen molar-refractivity contribution in [2.24, 2.45) is 0 Å². The van der Waals surface area contributed by atoms with Gasteiger partial charge in [0.15, 0.2) is 5.82 Å². The number of methoxy groups -OCH3 is 1. The molecule has 0 aliphatic heterocycles. The molecule has 3 heterocycles. The van der Waals surface area contributed by atoms with E-state index in [0.29, 0.717) is 37.7 Å². The molecule has 0 spiro atoms. The molecule has 0 bridgehead atoms. The fraction of sp³-hybridized carbons (Fsp3) is 0.286. The monoisotopic (exact) mass is 513 g/mol. The summed E-state index contributed by atoms with van der Waals surface area (Å²) < 4.78 is 14.1. The molecule has 0 aliphatic carbocycles.